The van der Waals surface area contributed by atoms with Gasteiger partial charge in [0.05, 0.1) is 11.0 Å². The highest BCUT2D eigenvalue weighted by molar-refractivity contribution is 5.85. The maximum Gasteiger partial charge on any atom is 0.125 e. The Balaban J connectivity index is 0.00000248. The van der Waals surface area contributed by atoms with Gasteiger partial charge in [0.2, 0.25) is 0 Å². The van der Waals surface area contributed by atoms with Gasteiger partial charge >= 0.3 is 0 Å². The van der Waals surface area contributed by atoms with Crippen LogP contribution < -0.4 is 15.9 Å². The zero-order valence-electron chi connectivity index (χ0n) is 26.5. The van der Waals surface area contributed by atoms with Crippen molar-refractivity contribution in [1.82, 2.24) is 20.1 Å². The molecule has 2 heterocycles. The number of allylic oxidation sites excluding steroid dienone is 8. The van der Waals surface area contributed by atoms with Crippen LogP contribution in [0.25, 0.3) is 29.1 Å². The summed E-state index contributed by atoms with van der Waals surface area (Å²) in [5.41, 5.74) is 7.96. The topological polar surface area (TPSA) is 59.7 Å². The number of aromatic nitrogens is 3. The molecule has 0 unspecified atom stereocenters. The number of likely N-dealkylation sites (N-methyl/N-ethyl adjacent to an activating group) is 1. The van der Waals surface area contributed by atoms with Gasteiger partial charge in [0.15, 0.2) is 0 Å². The van der Waals surface area contributed by atoms with E-state index in [0.717, 1.165) is 74.3 Å². The Kier molecular flexibility index (Phi) is 12.4. The monoisotopic (exact) mass is 577 g/mol. The van der Waals surface area contributed by atoms with Gasteiger partial charge in [-0.3, -0.25) is 5.10 Å². The number of aromatic amines is 2. The Hall–Kier alpha value is -4.60. The molecule has 0 saturated heterocycles. The predicted molar refractivity (Wildman–Crippen MR) is 182 cm³/mol. The molecule has 0 atom stereocenters. The normalized spacial score (nSPS) is 13.9. The summed E-state index contributed by atoms with van der Waals surface area (Å²) in [6.45, 7) is 15.9. The molecule has 0 fully saturated rings. The minimum atomic E-state index is -0.285. The molecule has 1 aliphatic carbocycles. The fourth-order valence-corrected chi connectivity index (χ4v) is 4.68. The van der Waals surface area contributed by atoms with E-state index in [9.17, 15) is 4.39 Å². The van der Waals surface area contributed by atoms with Gasteiger partial charge in [0.1, 0.15) is 11.5 Å². The van der Waals surface area contributed by atoms with Crippen molar-refractivity contribution >= 4 is 23.4 Å². The van der Waals surface area contributed by atoms with Crippen LogP contribution in [0.1, 0.15) is 50.9 Å². The number of nitrogens with one attached hydrogen (secondary N) is 3. The molecule has 4 rings (SSSR count). The van der Waals surface area contributed by atoms with E-state index in [0.29, 0.717) is 6.42 Å². The van der Waals surface area contributed by atoms with Gasteiger partial charge in [0.25, 0.3) is 0 Å². The van der Waals surface area contributed by atoms with Gasteiger partial charge in [-0.05, 0) is 99.6 Å². The molecule has 224 valence electrons. The summed E-state index contributed by atoms with van der Waals surface area (Å²) in [4.78, 5) is 5.62. The Morgan fingerprint density at radius 3 is 2.70 bits per heavy atom. The summed E-state index contributed by atoms with van der Waals surface area (Å²) in [7, 11) is 4.03. The Morgan fingerprint density at radius 1 is 1.19 bits per heavy atom. The van der Waals surface area contributed by atoms with Crippen molar-refractivity contribution < 1.29 is 4.39 Å². The summed E-state index contributed by atoms with van der Waals surface area (Å²) < 4.78 is 14.8. The summed E-state index contributed by atoms with van der Waals surface area (Å²) in [5, 5.41) is 13.0. The smallest absolute Gasteiger partial charge is 0.125 e. The van der Waals surface area contributed by atoms with Gasteiger partial charge in [-0.2, -0.15) is 5.10 Å². The first-order chi connectivity index (χ1) is 20.8. The molecule has 0 amide bonds. The number of hydrogen-bond donors (Lipinski definition) is 3. The lowest BCUT2D eigenvalue weighted by atomic mass is 9.96. The van der Waals surface area contributed by atoms with E-state index < -0.39 is 0 Å². The van der Waals surface area contributed by atoms with Crippen molar-refractivity contribution in [1.29, 1.82) is 0 Å². The number of benzene rings is 1. The number of H-pyrrole nitrogens is 2. The number of rotatable bonds is 10. The van der Waals surface area contributed by atoms with Crippen LogP contribution >= 0.6 is 0 Å². The molecule has 0 spiro atoms. The summed E-state index contributed by atoms with van der Waals surface area (Å²) >= 11 is 0. The number of aryl methyl sites for hydroxylation is 1. The molecule has 1 aromatic carbocycles. The van der Waals surface area contributed by atoms with Gasteiger partial charge in [-0.1, -0.05) is 62.6 Å². The van der Waals surface area contributed by atoms with Crippen molar-refractivity contribution in [3.8, 4) is 23.2 Å². The molecule has 1 aliphatic rings. The maximum absolute atomic E-state index is 14.8. The van der Waals surface area contributed by atoms with Crippen LogP contribution in [0.5, 0.6) is 0 Å². The Morgan fingerprint density at radius 2 is 1.98 bits per heavy atom. The zero-order chi connectivity index (χ0) is 31.4. The lowest BCUT2D eigenvalue weighted by Gasteiger charge is -2.14. The standard InChI is InChI=1S/C35H38FN5.C2H6/c1-7-9-16-30(27-20-28(36)22-29(21-27)37-17-18-41(5)6)31-23-34(38-25(31)4)35-32(33(8-2)39-40-35)19-24(3)26-14-12-10-11-13-15-26;1-2/h7-9,12,14-16,19-23,37-39H,3,13,17-18H2,1-2,4-6H3;1-2H3/b9-7-,30-16-,32-19+,33-8+;. The quantitative estimate of drug-likeness (QED) is 0.182. The first-order valence-electron chi connectivity index (χ1n) is 14.8. The minimum Gasteiger partial charge on any atom is -0.384 e. The fraction of sp³-hybridized carbons (Fsp3) is 0.270. The van der Waals surface area contributed by atoms with Gasteiger partial charge < -0.3 is 15.2 Å². The predicted octanol–water partition coefficient (Wildman–Crippen LogP) is 6.89. The molecule has 43 heavy (non-hydrogen) atoms. The van der Waals surface area contributed by atoms with Crippen LogP contribution in [0.4, 0.5) is 10.1 Å². The van der Waals surface area contributed by atoms with Crippen LogP contribution in [0.15, 0.2) is 78.4 Å². The SMILES string of the molecule is C=C(/C=c1/c(-c2cc(/C(=C\C=C/C)c3cc(F)cc(NCCN(C)C)c3)c(C)[nH]2)n[nH]/c1=C/C)C1=CCC#CC=C1.CC. The fourth-order valence-electron chi connectivity index (χ4n) is 4.68. The third kappa shape index (κ3) is 8.70. The van der Waals surface area contributed by atoms with E-state index in [1.54, 1.807) is 6.07 Å². The lowest BCUT2D eigenvalue weighted by molar-refractivity contribution is 0.425. The van der Waals surface area contributed by atoms with Crippen molar-refractivity contribution in [2.24, 2.45) is 0 Å². The van der Waals surface area contributed by atoms with E-state index in [-0.39, 0.29) is 5.82 Å². The van der Waals surface area contributed by atoms with Gasteiger partial charge in [-0.15, -0.1) is 0 Å². The minimum absolute atomic E-state index is 0.285. The van der Waals surface area contributed by atoms with Gasteiger partial charge in [0, 0.05) is 41.7 Å². The zero-order valence-corrected chi connectivity index (χ0v) is 26.5. The maximum atomic E-state index is 14.8. The third-order valence-electron chi connectivity index (χ3n) is 6.80. The highest BCUT2D eigenvalue weighted by Crippen LogP contribution is 2.31. The number of halogens is 1. The highest BCUT2D eigenvalue weighted by atomic mass is 19.1. The van der Waals surface area contributed by atoms with E-state index >= 15 is 0 Å². The van der Waals surface area contributed by atoms with Crippen molar-refractivity contribution in [3.63, 3.8) is 0 Å². The Bertz CT molecular complexity index is 1730. The highest BCUT2D eigenvalue weighted by Gasteiger charge is 2.16. The summed E-state index contributed by atoms with van der Waals surface area (Å²) in [6, 6.07) is 7.20. The molecule has 6 heteroatoms. The van der Waals surface area contributed by atoms with Crippen LogP contribution in [-0.4, -0.2) is 47.3 Å². The lowest BCUT2D eigenvalue weighted by Crippen LogP contribution is -2.23. The molecular formula is C37H44FN5. The van der Waals surface area contributed by atoms with Crippen LogP contribution in [0.3, 0.4) is 0 Å². The van der Waals surface area contributed by atoms with E-state index in [4.69, 9.17) is 0 Å². The van der Waals surface area contributed by atoms with Crippen LogP contribution in [0, 0.1) is 24.6 Å². The third-order valence-corrected chi connectivity index (χ3v) is 6.80. The van der Waals surface area contributed by atoms with Crippen LogP contribution in [-0.2, 0) is 0 Å². The van der Waals surface area contributed by atoms with E-state index in [1.807, 2.05) is 91.2 Å². The van der Waals surface area contributed by atoms with Crippen molar-refractivity contribution in [2.45, 2.75) is 41.0 Å². The molecule has 0 bridgehead atoms. The largest absolute Gasteiger partial charge is 0.384 e. The molecule has 3 N–H and O–H groups in total. The summed E-state index contributed by atoms with van der Waals surface area (Å²) in [5.74, 6) is 5.81. The number of hydrogen-bond acceptors (Lipinski definition) is 3. The second kappa shape index (κ2) is 16.1. The molecule has 0 saturated carbocycles. The molecule has 5 nitrogen and oxygen atoms in total. The van der Waals surface area contributed by atoms with E-state index in [1.165, 1.54) is 6.07 Å². The van der Waals surface area contributed by atoms with Crippen molar-refractivity contribution in [3.05, 3.63) is 112 Å². The molecule has 0 aliphatic heterocycles. The number of anilines is 1. The first kappa shape index (κ1) is 32.9. The average molecular weight is 578 g/mol. The molecular weight excluding hydrogens is 533 g/mol. The summed E-state index contributed by atoms with van der Waals surface area (Å²) in [6.07, 6.45) is 16.6. The van der Waals surface area contributed by atoms with Crippen molar-refractivity contribution in [2.75, 3.05) is 32.5 Å². The molecule has 3 aromatic rings. The second-order valence-electron chi connectivity index (χ2n) is 10.2. The Labute approximate surface area is 256 Å². The first-order valence-corrected chi connectivity index (χ1v) is 14.8. The van der Waals surface area contributed by atoms with E-state index in [2.05, 4.69) is 62.0 Å². The molecule has 0 radical (unpaired) electrons. The molecule has 2 aromatic heterocycles. The number of nitrogens with zero attached hydrogens (tertiary/aromatic N) is 2. The average Bonchev–Trinajstić information content (AvgIpc) is 3.44. The van der Waals surface area contributed by atoms with Crippen LogP contribution in [0.2, 0.25) is 0 Å². The van der Waals surface area contributed by atoms with Gasteiger partial charge in [-0.25, -0.2) is 4.39 Å². The second-order valence-corrected chi connectivity index (χ2v) is 10.2.